The van der Waals surface area contributed by atoms with Crippen LogP contribution in [-0.2, 0) is 0 Å². The Labute approximate surface area is 143 Å². The molecule has 6 nitrogen and oxygen atoms in total. The second kappa shape index (κ2) is 6.33. The van der Waals surface area contributed by atoms with Crippen LogP contribution in [0.5, 0.6) is 5.75 Å². The van der Waals surface area contributed by atoms with Crippen LogP contribution in [0, 0.1) is 13.8 Å². The van der Waals surface area contributed by atoms with E-state index in [1.165, 1.54) is 10.9 Å². The summed E-state index contributed by atoms with van der Waals surface area (Å²) in [5.41, 5.74) is 2.98. The molecule has 122 valence electrons. The normalized spacial score (nSPS) is 10.6. The van der Waals surface area contributed by atoms with E-state index in [0.29, 0.717) is 22.0 Å². The summed E-state index contributed by atoms with van der Waals surface area (Å²) in [6, 6.07) is 10.3. The van der Waals surface area contributed by atoms with E-state index in [1.54, 1.807) is 37.3 Å². The molecular weight excluding hydrogens is 328 g/mol. The lowest BCUT2D eigenvalue weighted by Gasteiger charge is -2.07. The molecular formula is C17H15ClN4O2. The molecule has 1 amide bonds. The van der Waals surface area contributed by atoms with E-state index in [9.17, 15) is 9.90 Å². The molecule has 2 N–H and O–H groups in total. The van der Waals surface area contributed by atoms with Gasteiger partial charge in [0.2, 0.25) is 0 Å². The molecule has 0 saturated carbocycles. The van der Waals surface area contributed by atoms with Gasteiger partial charge in [0.15, 0.2) is 5.69 Å². The summed E-state index contributed by atoms with van der Waals surface area (Å²) in [5, 5.41) is 20.9. The Balaban J connectivity index is 1.86. The van der Waals surface area contributed by atoms with E-state index < -0.39 is 0 Å². The SMILES string of the molecule is Cc1ccc(Cl)cc1NC(=O)c1cn(-c2cccc(O)c2C)nn1. The lowest BCUT2D eigenvalue weighted by molar-refractivity contribution is 0.102. The van der Waals surface area contributed by atoms with Gasteiger partial charge in [0.05, 0.1) is 11.9 Å². The monoisotopic (exact) mass is 342 g/mol. The van der Waals surface area contributed by atoms with Crippen molar-refractivity contribution in [3.63, 3.8) is 0 Å². The first kappa shape index (κ1) is 16.0. The fraction of sp³-hybridized carbons (Fsp3) is 0.118. The summed E-state index contributed by atoms with van der Waals surface area (Å²) in [6.45, 7) is 3.64. The number of phenols is 1. The third-order valence-electron chi connectivity index (χ3n) is 3.70. The van der Waals surface area contributed by atoms with Gasteiger partial charge >= 0.3 is 0 Å². The number of rotatable bonds is 3. The van der Waals surface area contributed by atoms with E-state index in [2.05, 4.69) is 15.6 Å². The number of hydrogen-bond acceptors (Lipinski definition) is 4. The Hall–Kier alpha value is -2.86. The van der Waals surface area contributed by atoms with Crippen molar-refractivity contribution in [1.29, 1.82) is 0 Å². The fourth-order valence-corrected chi connectivity index (χ4v) is 2.43. The second-order valence-corrected chi connectivity index (χ2v) is 5.82. The maximum atomic E-state index is 12.4. The molecule has 3 aromatic rings. The molecule has 24 heavy (non-hydrogen) atoms. The van der Waals surface area contributed by atoms with Gasteiger partial charge in [-0.1, -0.05) is 28.9 Å². The maximum absolute atomic E-state index is 12.4. The van der Waals surface area contributed by atoms with Crippen LogP contribution in [0.4, 0.5) is 5.69 Å². The largest absolute Gasteiger partial charge is 0.508 e. The highest BCUT2D eigenvalue weighted by atomic mass is 35.5. The smallest absolute Gasteiger partial charge is 0.277 e. The molecule has 0 saturated heterocycles. The van der Waals surface area contributed by atoms with Crippen LogP contribution in [0.3, 0.4) is 0 Å². The van der Waals surface area contributed by atoms with Gasteiger partial charge in [0.1, 0.15) is 5.75 Å². The summed E-state index contributed by atoms with van der Waals surface area (Å²) in [4.78, 5) is 12.4. The molecule has 2 aromatic carbocycles. The Morgan fingerprint density at radius 3 is 2.83 bits per heavy atom. The van der Waals surface area contributed by atoms with Gasteiger partial charge in [-0.15, -0.1) is 5.10 Å². The molecule has 0 unspecified atom stereocenters. The van der Waals surface area contributed by atoms with Crippen LogP contribution in [0.1, 0.15) is 21.6 Å². The van der Waals surface area contributed by atoms with Crippen molar-refractivity contribution in [2.24, 2.45) is 0 Å². The number of aryl methyl sites for hydroxylation is 1. The number of aromatic nitrogens is 3. The molecule has 7 heteroatoms. The summed E-state index contributed by atoms with van der Waals surface area (Å²) in [5.74, 6) is -0.229. The topological polar surface area (TPSA) is 80.0 Å². The van der Waals surface area contributed by atoms with Crippen molar-refractivity contribution in [1.82, 2.24) is 15.0 Å². The number of nitrogens with zero attached hydrogens (tertiary/aromatic N) is 3. The fourth-order valence-electron chi connectivity index (χ4n) is 2.26. The van der Waals surface area contributed by atoms with Gasteiger partial charge in [-0.25, -0.2) is 4.68 Å². The summed E-state index contributed by atoms with van der Waals surface area (Å²) in [6.07, 6.45) is 1.51. The highest BCUT2D eigenvalue weighted by molar-refractivity contribution is 6.31. The molecule has 1 heterocycles. The average molecular weight is 343 g/mol. The molecule has 0 atom stereocenters. The van der Waals surface area contributed by atoms with Gasteiger partial charge in [-0.2, -0.15) is 0 Å². The molecule has 3 rings (SSSR count). The molecule has 0 fully saturated rings. The molecule has 0 aliphatic heterocycles. The molecule has 0 aliphatic carbocycles. The third kappa shape index (κ3) is 3.09. The van der Waals surface area contributed by atoms with Gasteiger partial charge in [-0.3, -0.25) is 4.79 Å². The van der Waals surface area contributed by atoms with Crippen molar-refractivity contribution in [2.75, 3.05) is 5.32 Å². The van der Waals surface area contributed by atoms with Crippen molar-refractivity contribution < 1.29 is 9.90 Å². The summed E-state index contributed by atoms with van der Waals surface area (Å²) < 4.78 is 1.45. The van der Waals surface area contributed by atoms with Crippen molar-refractivity contribution in [3.05, 3.63) is 64.4 Å². The standard InChI is InChI=1S/C17H15ClN4O2/c1-10-6-7-12(18)8-13(10)19-17(24)14-9-22(21-20-14)15-4-3-5-16(23)11(15)2/h3-9,23H,1-2H3,(H,19,24). The Morgan fingerprint density at radius 1 is 1.25 bits per heavy atom. The molecule has 0 radical (unpaired) electrons. The minimum Gasteiger partial charge on any atom is -0.508 e. The van der Waals surface area contributed by atoms with Gasteiger partial charge in [0, 0.05) is 16.3 Å². The highest BCUT2D eigenvalue weighted by Crippen LogP contribution is 2.23. The zero-order valence-corrected chi connectivity index (χ0v) is 13.9. The molecule has 0 aliphatic rings. The summed E-state index contributed by atoms with van der Waals surface area (Å²) >= 11 is 5.96. The van der Waals surface area contributed by atoms with Crippen LogP contribution in [-0.4, -0.2) is 26.0 Å². The van der Waals surface area contributed by atoms with Crippen LogP contribution >= 0.6 is 11.6 Å². The first-order valence-corrected chi connectivity index (χ1v) is 7.62. The Kier molecular flexibility index (Phi) is 4.22. The number of halogens is 1. The maximum Gasteiger partial charge on any atom is 0.277 e. The Morgan fingerprint density at radius 2 is 2.04 bits per heavy atom. The van der Waals surface area contributed by atoms with Crippen LogP contribution in [0.25, 0.3) is 5.69 Å². The zero-order chi connectivity index (χ0) is 17.3. The predicted octanol–water partition coefficient (Wildman–Crippen LogP) is 3.50. The minimum atomic E-state index is -0.385. The van der Waals surface area contributed by atoms with Crippen LogP contribution in [0.2, 0.25) is 5.02 Å². The number of hydrogen-bond donors (Lipinski definition) is 2. The number of nitrogens with one attached hydrogen (secondary N) is 1. The van der Waals surface area contributed by atoms with Crippen molar-refractivity contribution >= 4 is 23.2 Å². The lowest BCUT2D eigenvalue weighted by Crippen LogP contribution is -2.13. The van der Waals surface area contributed by atoms with Crippen molar-refractivity contribution in [2.45, 2.75) is 13.8 Å². The van der Waals surface area contributed by atoms with Crippen LogP contribution in [0.15, 0.2) is 42.6 Å². The second-order valence-electron chi connectivity index (χ2n) is 5.38. The van der Waals surface area contributed by atoms with Crippen LogP contribution < -0.4 is 5.32 Å². The van der Waals surface area contributed by atoms with Gasteiger partial charge in [-0.05, 0) is 43.7 Å². The van der Waals surface area contributed by atoms with Gasteiger partial charge in [0.25, 0.3) is 5.91 Å². The summed E-state index contributed by atoms with van der Waals surface area (Å²) in [7, 11) is 0. The van der Waals surface area contributed by atoms with Crippen molar-refractivity contribution in [3.8, 4) is 11.4 Å². The van der Waals surface area contributed by atoms with E-state index >= 15 is 0 Å². The molecule has 1 aromatic heterocycles. The molecule has 0 spiro atoms. The first-order valence-electron chi connectivity index (χ1n) is 7.24. The number of carbonyl (C=O) groups excluding carboxylic acids is 1. The Bertz CT molecular complexity index is 921. The number of aromatic hydroxyl groups is 1. The number of anilines is 1. The first-order chi connectivity index (χ1) is 11.5. The number of phenolic OH excluding ortho intramolecular Hbond substituents is 1. The minimum absolute atomic E-state index is 0.156. The van der Waals surface area contributed by atoms with E-state index in [-0.39, 0.29) is 17.4 Å². The number of benzene rings is 2. The highest BCUT2D eigenvalue weighted by Gasteiger charge is 2.14. The quantitative estimate of drug-likeness (QED) is 0.763. The van der Waals surface area contributed by atoms with E-state index in [0.717, 1.165) is 5.56 Å². The number of amides is 1. The van der Waals surface area contributed by atoms with E-state index in [1.807, 2.05) is 13.0 Å². The predicted molar refractivity (Wildman–Crippen MR) is 91.9 cm³/mol. The average Bonchev–Trinajstić information content (AvgIpc) is 3.03. The third-order valence-corrected chi connectivity index (χ3v) is 3.93. The lowest BCUT2D eigenvalue weighted by atomic mass is 10.2. The number of carbonyl (C=O) groups is 1. The zero-order valence-electron chi connectivity index (χ0n) is 13.1. The molecule has 0 bridgehead atoms. The van der Waals surface area contributed by atoms with E-state index in [4.69, 9.17) is 11.6 Å². The van der Waals surface area contributed by atoms with Gasteiger partial charge < -0.3 is 10.4 Å².